The monoisotopic (exact) mass is 332 g/mol. The average Bonchev–Trinajstić information content (AvgIpc) is 3.14. The molecule has 0 radical (unpaired) electrons. The molecule has 1 aromatic rings. The summed E-state index contributed by atoms with van der Waals surface area (Å²) in [5, 5.41) is 3.17. The van der Waals surface area contributed by atoms with Gasteiger partial charge in [0.2, 0.25) is 0 Å². The third-order valence-corrected chi connectivity index (χ3v) is 4.57. The van der Waals surface area contributed by atoms with E-state index in [1.807, 2.05) is 0 Å². The summed E-state index contributed by atoms with van der Waals surface area (Å²) in [6, 6.07) is 8.45. The molecule has 0 aromatic heterocycles. The van der Waals surface area contributed by atoms with E-state index in [9.17, 15) is 0 Å². The minimum atomic E-state index is 0.271. The van der Waals surface area contributed by atoms with Gasteiger partial charge in [-0.1, -0.05) is 24.3 Å². The second-order valence-electron chi connectivity index (χ2n) is 6.37. The van der Waals surface area contributed by atoms with E-state index in [1.54, 1.807) is 0 Å². The standard InChI is InChI=1S/C18H28N4O2/c19-18(21-13-17-6-3-9-24-17)20-12-15-4-1-2-5-16(15)14-22-7-10-23-11-8-22/h1-2,4-5,17H,3,6-14H2,(H3,19,20,21). The molecule has 6 heteroatoms. The van der Waals surface area contributed by atoms with Gasteiger partial charge in [0.15, 0.2) is 5.96 Å². The van der Waals surface area contributed by atoms with Crippen molar-refractivity contribution < 1.29 is 9.47 Å². The van der Waals surface area contributed by atoms with Crippen molar-refractivity contribution in [3.8, 4) is 0 Å². The molecular formula is C18H28N4O2. The quantitative estimate of drug-likeness (QED) is 0.603. The van der Waals surface area contributed by atoms with E-state index in [4.69, 9.17) is 15.2 Å². The first-order valence-electron chi connectivity index (χ1n) is 8.83. The molecule has 2 fully saturated rings. The van der Waals surface area contributed by atoms with Crippen molar-refractivity contribution in [1.29, 1.82) is 0 Å². The third-order valence-electron chi connectivity index (χ3n) is 4.57. The summed E-state index contributed by atoms with van der Waals surface area (Å²) in [6.45, 7) is 6.76. The summed E-state index contributed by atoms with van der Waals surface area (Å²) in [5.74, 6) is 0.492. The van der Waals surface area contributed by atoms with Crippen LogP contribution in [0.1, 0.15) is 24.0 Å². The van der Waals surface area contributed by atoms with Gasteiger partial charge in [0.1, 0.15) is 0 Å². The van der Waals surface area contributed by atoms with Crippen LogP contribution in [0.25, 0.3) is 0 Å². The Labute approximate surface area is 144 Å². The van der Waals surface area contributed by atoms with Crippen LogP contribution in [0.15, 0.2) is 29.3 Å². The minimum Gasteiger partial charge on any atom is -0.379 e. The van der Waals surface area contributed by atoms with E-state index in [0.29, 0.717) is 12.5 Å². The fraction of sp³-hybridized carbons (Fsp3) is 0.611. The molecule has 132 valence electrons. The highest BCUT2D eigenvalue weighted by atomic mass is 16.5. The maximum Gasteiger partial charge on any atom is 0.189 e. The Kier molecular flexibility index (Phi) is 6.46. The minimum absolute atomic E-state index is 0.271. The van der Waals surface area contributed by atoms with E-state index >= 15 is 0 Å². The van der Waals surface area contributed by atoms with Gasteiger partial charge in [-0.3, -0.25) is 4.90 Å². The Balaban J connectivity index is 1.52. The first-order valence-corrected chi connectivity index (χ1v) is 8.83. The van der Waals surface area contributed by atoms with Crippen LogP contribution in [0.3, 0.4) is 0 Å². The number of hydrogen-bond acceptors (Lipinski definition) is 4. The number of aliphatic imine (C=N–C) groups is 1. The molecule has 0 aliphatic carbocycles. The van der Waals surface area contributed by atoms with Gasteiger partial charge in [-0.05, 0) is 24.0 Å². The van der Waals surface area contributed by atoms with Crippen molar-refractivity contribution in [2.24, 2.45) is 10.7 Å². The van der Waals surface area contributed by atoms with Crippen molar-refractivity contribution in [2.45, 2.75) is 32.0 Å². The smallest absolute Gasteiger partial charge is 0.189 e. The maximum atomic E-state index is 5.99. The Morgan fingerprint density at radius 1 is 1.21 bits per heavy atom. The molecule has 0 amide bonds. The van der Waals surface area contributed by atoms with Gasteiger partial charge in [-0.15, -0.1) is 0 Å². The SMILES string of the molecule is NC(=NCc1ccccc1CN1CCOCC1)NCC1CCCO1. The molecule has 1 unspecified atom stereocenters. The van der Waals surface area contributed by atoms with Gasteiger partial charge in [-0.25, -0.2) is 4.99 Å². The molecule has 2 saturated heterocycles. The Morgan fingerprint density at radius 3 is 2.75 bits per heavy atom. The summed E-state index contributed by atoms with van der Waals surface area (Å²) >= 11 is 0. The van der Waals surface area contributed by atoms with Crippen LogP contribution < -0.4 is 11.1 Å². The topological polar surface area (TPSA) is 72.1 Å². The van der Waals surface area contributed by atoms with Crippen molar-refractivity contribution in [1.82, 2.24) is 10.2 Å². The lowest BCUT2D eigenvalue weighted by atomic mass is 10.1. The second-order valence-corrected chi connectivity index (χ2v) is 6.37. The Bertz CT molecular complexity index is 538. The lowest BCUT2D eigenvalue weighted by Crippen LogP contribution is -2.37. The van der Waals surface area contributed by atoms with Crippen LogP contribution in [0.4, 0.5) is 0 Å². The van der Waals surface area contributed by atoms with Crippen molar-refractivity contribution >= 4 is 5.96 Å². The molecule has 2 aliphatic heterocycles. The van der Waals surface area contributed by atoms with Crippen molar-refractivity contribution in [3.05, 3.63) is 35.4 Å². The fourth-order valence-electron chi connectivity index (χ4n) is 3.12. The number of nitrogens with zero attached hydrogens (tertiary/aromatic N) is 2. The molecule has 0 bridgehead atoms. The van der Waals surface area contributed by atoms with E-state index in [1.165, 1.54) is 11.1 Å². The second kappa shape index (κ2) is 9.01. The molecule has 1 atom stereocenters. The lowest BCUT2D eigenvalue weighted by Gasteiger charge is -2.27. The van der Waals surface area contributed by atoms with Crippen LogP contribution >= 0.6 is 0 Å². The van der Waals surface area contributed by atoms with Gasteiger partial charge in [-0.2, -0.15) is 0 Å². The average molecular weight is 332 g/mol. The summed E-state index contributed by atoms with van der Waals surface area (Å²) < 4.78 is 11.0. The molecule has 6 nitrogen and oxygen atoms in total. The predicted octanol–water partition coefficient (Wildman–Crippen LogP) is 1.10. The summed E-state index contributed by atoms with van der Waals surface area (Å²) in [4.78, 5) is 6.92. The van der Waals surface area contributed by atoms with E-state index in [2.05, 4.69) is 39.5 Å². The number of guanidine groups is 1. The molecule has 2 aliphatic rings. The van der Waals surface area contributed by atoms with Crippen molar-refractivity contribution in [3.63, 3.8) is 0 Å². The van der Waals surface area contributed by atoms with E-state index in [0.717, 1.165) is 58.8 Å². The van der Waals surface area contributed by atoms with Crippen LogP contribution in [0, 0.1) is 0 Å². The Hall–Kier alpha value is -1.63. The molecule has 2 heterocycles. The zero-order chi connectivity index (χ0) is 16.6. The number of rotatable bonds is 6. The maximum absolute atomic E-state index is 5.99. The Morgan fingerprint density at radius 2 is 2.00 bits per heavy atom. The normalized spacial score (nSPS) is 22.7. The summed E-state index contributed by atoms with van der Waals surface area (Å²) in [5.41, 5.74) is 8.53. The number of nitrogens with two attached hydrogens (primary N) is 1. The molecule has 3 N–H and O–H groups in total. The third kappa shape index (κ3) is 5.19. The highest BCUT2D eigenvalue weighted by molar-refractivity contribution is 5.77. The first kappa shape index (κ1) is 17.2. The number of nitrogens with one attached hydrogen (secondary N) is 1. The predicted molar refractivity (Wildman–Crippen MR) is 94.8 cm³/mol. The lowest BCUT2D eigenvalue weighted by molar-refractivity contribution is 0.0341. The first-order chi connectivity index (χ1) is 11.8. The molecule has 3 rings (SSSR count). The van der Waals surface area contributed by atoms with Crippen LogP contribution in [-0.4, -0.2) is 56.4 Å². The number of hydrogen-bond donors (Lipinski definition) is 2. The van der Waals surface area contributed by atoms with Gasteiger partial charge >= 0.3 is 0 Å². The fourth-order valence-corrected chi connectivity index (χ4v) is 3.12. The number of ether oxygens (including phenoxy) is 2. The van der Waals surface area contributed by atoms with Gasteiger partial charge in [0, 0.05) is 32.8 Å². The van der Waals surface area contributed by atoms with Gasteiger partial charge < -0.3 is 20.5 Å². The number of benzene rings is 1. The zero-order valence-corrected chi connectivity index (χ0v) is 14.2. The van der Waals surface area contributed by atoms with E-state index in [-0.39, 0.29) is 6.10 Å². The van der Waals surface area contributed by atoms with E-state index < -0.39 is 0 Å². The summed E-state index contributed by atoms with van der Waals surface area (Å²) in [6.07, 6.45) is 2.51. The van der Waals surface area contributed by atoms with Crippen LogP contribution in [0.5, 0.6) is 0 Å². The molecule has 24 heavy (non-hydrogen) atoms. The highest BCUT2D eigenvalue weighted by Gasteiger charge is 2.15. The van der Waals surface area contributed by atoms with Gasteiger partial charge in [0.25, 0.3) is 0 Å². The highest BCUT2D eigenvalue weighted by Crippen LogP contribution is 2.14. The van der Waals surface area contributed by atoms with Crippen molar-refractivity contribution in [2.75, 3.05) is 39.5 Å². The largest absolute Gasteiger partial charge is 0.379 e. The molecule has 0 saturated carbocycles. The molecule has 0 spiro atoms. The molecule has 1 aromatic carbocycles. The molecular weight excluding hydrogens is 304 g/mol. The van der Waals surface area contributed by atoms with Crippen LogP contribution in [0.2, 0.25) is 0 Å². The zero-order valence-electron chi connectivity index (χ0n) is 14.2. The summed E-state index contributed by atoms with van der Waals surface area (Å²) in [7, 11) is 0. The van der Waals surface area contributed by atoms with Gasteiger partial charge in [0.05, 0.1) is 25.9 Å². The number of morpholine rings is 1. The van der Waals surface area contributed by atoms with Crippen LogP contribution in [-0.2, 0) is 22.6 Å².